The van der Waals surface area contributed by atoms with Crippen LogP contribution in [0.2, 0.25) is 0 Å². The van der Waals surface area contributed by atoms with E-state index in [1.807, 2.05) is 54.6 Å². The largest absolute Gasteiger partial charge is 0.493 e. The molecule has 8 heteroatoms. The van der Waals surface area contributed by atoms with E-state index >= 15 is 0 Å². The highest BCUT2D eigenvalue weighted by Gasteiger charge is 2.19. The monoisotopic (exact) mass is 588 g/mol. The quantitative estimate of drug-likeness (QED) is 0.198. The van der Waals surface area contributed by atoms with Gasteiger partial charge in [0.1, 0.15) is 28.1 Å². The minimum absolute atomic E-state index is 0.0734. The predicted octanol–water partition coefficient (Wildman–Crippen LogP) is 8.22. The summed E-state index contributed by atoms with van der Waals surface area (Å²) in [7, 11) is 1.55. The fraction of sp³-hybridized carbons (Fsp3) is 0.0667. The summed E-state index contributed by atoms with van der Waals surface area (Å²) in [6.07, 6.45) is 0. The Bertz CT molecular complexity index is 1570. The van der Waals surface area contributed by atoms with Gasteiger partial charge in [0.15, 0.2) is 11.5 Å². The van der Waals surface area contributed by atoms with Crippen LogP contribution in [0, 0.1) is 5.82 Å². The molecule has 5 aromatic rings. The van der Waals surface area contributed by atoms with Crippen molar-refractivity contribution in [2.45, 2.75) is 6.61 Å². The van der Waals surface area contributed by atoms with Crippen LogP contribution < -0.4 is 14.8 Å². The van der Waals surface area contributed by atoms with Gasteiger partial charge in [-0.25, -0.2) is 9.37 Å². The molecule has 0 saturated heterocycles. The molecule has 1 N–H and O–H groups in total. The number of aromatic nitrogens is 1. The number of anilines is 1. The van der Waals surface area contributed by atoms with Gasteiger partial charge in [-0.15, -0.1) is 0 Å². The van der Waals surface area contributed by atoms with Crippen LogP contribution in [0.25, 0.3) is 21.8 Å². The maximum Gasteiger partial charge on any atom is 0.256 e. The summed E-state index contributed by atoms with van der Waals surface area (Å²) < 4.78 is 26.3. The summed E-state index contributed by atoms with van der Waals surface area (Å²) in [5, 5.41) is 4.37. The molecule has 0 saturated carbocycles. The second-order valence-electron chi connectivity index (χ2n) is 8.27. The van der Waals surface area contributed by atoms with Crippen LogP contribution in [0.5, 0.6) is 11.5 Å². The van der Waals surface area contributed by atoms with Crippen molar-refractivity contribution in [2.75, 3.05) is 12.4 Å². The number of ether oxygens (including phenoxy) is 2. The van der Waals surface area contributed by atoms with Crippen LogP contribution in [0.1, 0.15) is 15.9 Å². The summed E-state index contributed by atoms with van der Waals surface area (Å²) >= 11 is 4.77. The van der Waals surface area contributed by atoms with Crippen molar-refractivity contribution in [3.63, 3.8) is 0 Å². The first-order valence-electron chi connectivity index (χ1n) is 11.7. The van der Waals surface area contributed by atoms with Crippen LogP contribution in [-0.2, 0) is 6.61 Å². The predicted molar refractivity (Wildman–Crippen MR) is 152 cm³/mol. The van der Waals surface area contributed by atoms with Gasteiger partial charge in [-0.1, -0.05) is 75.8 Å². The molecule has 5 rings (SSSR count). The van der Waals surface area contributed by atoms with Crippen molar-refractivity contribution in [3.8, 4) is 33.3 Å². The van der Waals surface area contributed by atoms with Gasteiger partial charge in [0.25, 0.3) is 5.91 Å². The van der Waals surface area contributed by atoms with Gasteiger partial charge in [-0.3, -0.25) is 4.79 Å². The lowest BCUT2D eigenvalue weighted by Crippen LogP contribution is -2.11. The molecular weight excluding hydrogens is 567 g/mol. The van der Waals surface area contributed by atoms with Gasteiger partial charge in [-0.2, -0.15) is 0 Å². The van der Waals surface area contributed by atoms with E-state index in [1.165, 1.54) is 17.4 Å². The number of nitrogens with zero attached hydrogens (tertiary/aromatic N) is 1. The Kier molecular flexibility index (Phi) is 7.81. The van der Waals surface area contributed by atoms with Crippen LogP contribution in [0.15, 0.2) is 102 Å². The Labute approximate surface area is 232 Å². The number of nitrogens with one attached hydrogen (secondary N) is 1. The molecule has 0 aliphatic rings. The van der Waals surface area contributed by atoms with E-state index in [-0.39, 0.29) is 18.3 Å². The summed E-state index contributed by atoms with van der Waals surface area (Å²) in [4.78, 5) is 17.9. The first-order valence-corrected chi connectivity index (χ1v) is 13.3. The molecule has 0 aliphatic carbocycles. The molecule has 1 aromatic heterocycles. The van der Waals surface area contributed by atoms with Crippen molar-refractivity contribution in [3.05, 3.63) is 118 Å². The van der Waals surface area contributed by atoms with Crippen molar-refractivity contribution >= 4 is 38.2 Å². The summed E-state index contributed by atoms with van der Waals surface area (Å²) in [5.41, 5.74) is 3.36. The highest BCUT2D eigenvalue weighted by Crippen LogP contribution is 2.41. The number of amides is 1. The number of halogens is 2. The minimum Gasteiger partial charge on any atom is -0.493 e. The number of thiazole rings is 1. The Balaban J connectivity index is 1.45. The Hall–Kier alpha value is -4.01. The third-order valence-corrected chi connectivity index (χ3v) is 7.31. The number of benzene rings is 4. The molecule has 0 unspecified atom stereocenters. The molecule has 4 aromatic carbocycles. The van der Waals surface area contributed by atoms with Gasteiger partial charge >= 0.3 is 0 Å². The second-order valence-corrected chi connectivity index (χ2v) is 10.2. The normalized spacial score (nSPS) is 10.7. The van der Waals surface area contributed by atoms with Gasteiger partial charge in [-0.05, 0) is 48.5 Å². The minimum atomic E-state index is -0.322. The number of hydrogen-bond acceptors (Lipinski definition) is 5. The van der Waals surface area contributed by atoms with E-state index in [9.17, 15) is 9.18 Å². The SMILES string of the molecule is COc1cc(-c2nc(-c3ccccc3)c(NC(=O)c3ccc(Br)cc3)s2)ccc1OCc1ccccc1F. The van der Waals surface area contributed by atoms with Crippen LogP contribution in [0.4, 0.5) is 9.39 Å². The zero-order chi connectivity index (χ0) is 26.5. The Morgan fingerprint density at radius 2 is 1.66 bits per heavy atom. The zero-order valence-corrected chi connectivity index (χ0v) is 22.7. The number of methoxy groups -OCH3 is 1. The van der Waals surface area contributed by atoms with Crippen molar-refractivity contribution in [1.82, 2.24) is 4.98 Å². The lowest BCUT2D eigenvalue weighted by atomic mass is 10.1. The van der Waals surface area contributed by atoms with Crippen molar-refractivity contribution < 1.29 is 18.7 Å². The molecule has 0 radical (unpaired) electrons. The number of hydrogen-bond donors (Lipinski definition) is 1. The molecule has 0 fully saturated rings. The highest BCUT2D eigenvalue weighted by molar-refractivity contribution is 9.10. The van der Waals surface area contributed by atoms with E-state index < -0.39 is 0 Å². The molecule has 0 spiro atoms. The molecule has 0 aliphatic heterocycles. The molecule has 38 heavy (non-hydrogen) atoms. The fourth-order valence-corrected chi connectivity index (χ4v) is 5.03. The first-order chi connectivity index (χ1) is 18.5. The molecule has 1 amide bonds. The lowest BCUT2D eigenvalue weighted by molar-refractivity contribution is 0.102. The summed E-state index contributed by atoms with van der Waals surface area (Å²) in [6.45, 7) is 0.0734. The van der Waals surface area contributed by atoms with E-state index in [0.717, 1.165) is 15.6 Å². The average molecular weight is 589 g/mol. The van der Waals surface area contributed by atoms with Crippen molar-refractivity contribution in [1.29, 1.82) is 0 Å². The molecular formula is C30H22BrFN2O3S. The number of carbonyl (C=O) groups excluding carboxylic acids is 1. The number of rotatable bonds is 8. The maximum absolute atomic E-state index is 14.0. The van der Waals surface area contributed by atoms with Crippen LogP contribution in [0.3, 0.4) is 0 Å². The molecule has 1 heterocycles. The maximum atomic E-state index is 14.0. The third kappa shape index (κ3) is 5.77. The van der Waals surface area contributed by atoms with E-state index in [0.29, 0.717) is 38.3 Å². The average Bonchev–Trinajstić information content (AvgIpc) is 3.37. The Morgan fingerprint density at radius 3 is 2.39 bits per heavy atom. The molecule has 190 valence electrons. The zero-order valence-electron chi connectivity index (χ0n) is 20.3. The molecule has 0 atom stereocenters. The second kappa shape index (κ2) is 11.6. The van der Waals surface area contributed by atoms with Gasteiger partial charge in [0.2, 0.25) is 0 Å². The third-order valence-electron chi connectivity index (χ3n) is 5.76. The van der Waals surface area contributed by atoms with Crippen LogP contribution >= 0.6 is 27.3 Å². The van der Waals surface area contributed by atoms with Crippen molar-refractivity contribution in [2.24, 2.45) is 0 Å². The summed E-state index contributed by atoms with van der Waals surface area (Å²) in [6, 6.07) is 28.8. The topological polar surface area (TPSA) is 60.5 Å². The van der Waals surface area contributed by atoms with E-state index in [1.54, 1.807) is 43.5 Å². The summed E-state index contributed by atoms with van der Waals surface area (Å²) in [5.74, 6) is 0.440. The molecule has 0 bridgehead atoms. The van der Waals surface area contributed by atoms with E-state index in [4.69, 9.17) is 14.5 Å². The fourth-order valence-electron chi connectivity index (χ4n) is 3.79. The van der Waals surface area contributed by atoms with Gasteiger partial charge in [0.05, 0.1) is 7.11 Å². The van der Waals surface area contributed by atoms with Gasteiger partial charge < -0.3 is 14.8 Å². The number of carbonyl (C=O) groups is 1. The van der Waals surface area contributed by atoms with Gasteiger partial charge in [0, 0.05) is 26.7 Å². The standard InChI is InChI=1S/C30H22BrFN2O3S/c1-36-26-17-21(13-16-25(26)37-18-22-9-5-6-10-24(22)32)29-33-27(19-7-3-2-4-8-19)30(38-29)34-28(35)20-11-14-23(31)15-12-20/h2-17H,18H2,1H3,(H,34,35). The highest BCUT2D eigenvalue weighted by atomic mass is 79.9. The lowest BCUT2D eigenvalue weighted by Gasteiger charge is -2.12. The smallest absolute Gasteiger partial charge is 0.256 e. The van der Waals surface area contributed by atoms with Crippen LogP contribution in [-0.4, -0.2) is 18.0 Å². The Morgan fingerprint density at radius 1 is 0.921 bits per heavy atom. The molecule has 5 nitrogen and oxygen atoms in total. The first kappa shape index (κ1) is 25.6. The van der Waals surface area contributed by atoms with E-state index in [2.05, 4.69) is 21.2 Å².